The maximum absolute atomic E-state index is 9.16. The number of nitrogens with zero attached hydrogens (tertiary/aromatic N) is 4. The first-order valence-electron chi connectivity index (χ1n) is 6.78. The molecule has 5 nitrogen and oxygen atoms in total. The van der Waals surface area contributed by atoms with Gasteiger partial charge < -0.3 is 5.32 Å². The van der Waals surface area contributed by atoms with Crippen LogP contribution >= 0.6 is 0 Å². The Morgan fingerprint density at radius 3 is 2.71 bits per heavy atom. The third-order valence-electron chi connectivity index (χ3n) is 3.36. The predicted molar refractivity (Wildman–Crippen MR) is 81.9 cm³/mol. The zero-order valence-corrected chi connectivity index (χ0v) is 11.7. The molecule has 0 fully saturated rings. The maximum Gasteiger partial charge on any atom is 0.152 e. The highest BCUT2D eigenvalue weighted by atomic mass is 15.3. The molecule has 21 heavy (non-hydrogen) atoms. The van der Waals surface area contributed by atoms with Gasteiger partial charge in [-0.3, -0.25) is 4.68 Å². The monoisotopic (exact) mass is 277 g/mol. The summed E-state index contributed by atoms with van der Waals surface area (Å²) < 4.78 is 1.70. The van der Waals surface area contributed by atoms with Crippen LogP contribution < -0.4 is 5.32 Å². The van der Waals surface area contributed by atoms with Crippen LogP contribution in [0.25, 0.3) is 10.8 Å². The van der Waals surface area contributed by atoms with Gasteiger partial charge in [-0.1, -0.05) is 24.3 Å². The summed E-state index contributed by atoms with van der Waals surface area (Å²) in [5, 5.41) is 18.9. The molecular weight excluding hydrogens is 262 g/mol. The van der Waals surface area contributed by atoms with Crippen LogP contribution in [0, 0.1) is 11.3 Å². The van der Waals surface area contributed by atoms with Crippen molar-refractivity contribution in [1.82, 2.24) is 14.8 Å². The molecule has 0 aliphatic carbocycles. The Morgan fingerprint density at radius 2 is 2.00 bits per heavy atom. The molecule has 3 aromatic rings. The van der Waals surface area contributed by atoms with Gasteiger partial charge in [0.15, 0.2) is 5.82 Å². The van der Waals surface area contributed by atoms with Crippen molar-refractivity contribution in [3.05, 3.63) is 54.1 Å². The zero-order valence-electron chi connectivity index (χ0n) is 11.7. The highest BCUT2D eigenvalue weighted by Gasteiger charge is 2.05. The lowest BCUT2D eigenvalue weighted by Crippen LogP contribution is -2.07. The molecule has 0 amide bonds. The molecular formula is C16H15N5. The van der Waals surface area contributed by atoms with Gasteiger partial charge >= 0.3 is 0 Å². The SMILES string of the molecule is Cn1cnc(CCNc2ccc(C#N)c3ccccc23)n1. The molecule has 1 N–H and O–H groups in total. The highest BCUT2D eigenvalue weighted by molar-refractivity contribution is 5.97. The van der Waals surface area contributed by atoms with E-state index in [-0.39, 0.29) is 0 Å². The summed E-state index contributed by atoms with van der Waals surface area (Å²) in [5.41, 5.74) is 1.73. The number of hydrogen-bond acceptors (Lipinski definition) is 4. The highest BCUT2D eigenvalue weighted by Crippen LogP contribution is 2.26. The van der Waals surface area contributed by atoms with Gasteiger partial charge in [0.2, 0.25) is 0 Å². The fourth-order valence-corrected chi connectivity index (χ4v) is 2.36. The van der Waals surface area contributed by atoms with Gasteiger partial charge in [0.05, 0.1) is 11.6 Å². The van der Waals surface area contributed by atoms with E-state index in [2.05, 4.69) is 21.5 Å². The summed E-state index contributed by atoms with van der Waals surface area (Å²) in [6.07, 6.45) is 2.46. The summed E-state index contributed by atoms with van der Waals surface area (Å²) in [6.45, 7) is 0.750. The molecule has 0 bridgehead atoms. The smallest absolute Gasteiger partial charge is 0.152 e. The molecule has 0 saturated heterocycles. The van der Waals surface area contributed by atoms with Crippen molar-refractivity contribution < 1.29 is 0 Å². The van der Waals surface area contributed by atoms with Crippen LogP contribution in [0.3, 0.4) is 0 Å². The standard InChI is InChI=1S/C16H15N5/c1-21-11-19-16(20-21)8-9-18-15-7-6-12(10-17)13-4-2-3-5-14(13)15/h2-7,11,18H,8-9H2,1H3. The van der Waals surface area contributed by atoms with Crippen LogP contribution in [-0.4, -0.2) is 21.3 Å². The van der Waals surface area contributed by atoms with Crippen LogP contribution in [0.2, 0.25) is 0 Å². The number of hydrogen-bond donors (Lipinski definition) is 1. The minimum Gasteiger partial charge on any atom is -0.384 e. The molecule has 2 aromatic carbocycles. The Hall–Kier alpha value is -2.87. The van der Waals surface area contributed by atoms with E-state index in [9.17, 15) is 0 Å². The van der Waals surface area contributed by atoms with E-state index in [0.29, 0.717) is 5.56 Å². The number of nitrogens with one attached hydrogen (secondary N) is 1. The molecule has 5 heteroatoms. The van der Waals surface area contributed by atoms with Gasteiger partial charge in [0.1, 0.15) is 6.33 Å². The molecule has 0 radical (unpaired) electrons. The summed E-state index contributed by atoms with van der Waals surface area (Å²) in [4.78, 5) is 4.21. The molecule has 0 spiro atoms. The van der Waals surface area contributed by atoms with Gasteiger partial charge in [0, 0.05) is 36.5 Å². The van der Waals surface area contributed by atoms with Crippen molar-refractivity contribution in [1.29, 1.82) is 5.26 Å². The minimum atomic E-state index is 0.697. The average molecular weight is 277 g/mol. The molecule has 1 heterocycles. The Morgan fingerprint density at radius 1 is 1.19 bits per heavy atom. The molecule has 0 aliphatic heterocycles. The van der Waals surface area contributed by atoms with E-state index in [1.165, 1.54) is 0 Å². The lowest BCUT2D eigenvalue weighted by Gasteiger charge is -2.10. The van der Waals surface area contributed by atoms with Gasteiger partial charge in [-0.2, -0.15) is 10.4 Å². The first-order valence-corrected chi connectivity index (χ1v) is 6.78. The second-order valence-electron chi connectivity index (χ2n) is 4.83. The summed E-state index contributed by atoms with van der Waals surface area (Å²) in [6, 6.07) is 14.0. The molecule has 104 valence electrons. The van der Waals surface area contributed by atoms with E-state index in [1.807, 2.05) is 43.4 Å². The number of aryl methyl sites for hydroxylation is 1. The normalized spacial score (nSPS) is 10.5. The number of aromatic nitrogens is 3. The molecule has 0 aliphatic rings. The first kappa shape index (κ1) is 13.1. The third kappa shape index (κ3) is 2.70. The predicted octanol–water partition coefficient (Wildman–Crippen LogP) is 2.49. The van der Waals surface area contributed by atoms with Gasteiger partial charge in [-0.25, -0.2) is 4.98 Å². The van der Waals surface area contributed by atoms with Crippen LogP contribution in [0.4, 0.5) is 5.69 Å². The second-order valence-corrected chi connectivity index (χ2v) is 4.83. The van der Waals surface area contributed by atoms with Crippen molar-refractivity contribution in [2.75, 3.05) is 11.9 Å². The number of fused-ring (bicyclic) bond motifs is 1. The summed E-state index contributed by atoms with van der Waals surface area (Å²) >= 11 is 0. The van der Waals surface area contributed by atoms with E-state index < -0.39 is 0 Å². The van der Waals surface area contributed by atoms with Crippen molar-refractivity contribution in [3.8, 4) is 6.07 Å². The average Bonchev–Trinajstić information content (AvgIpc) is 2.93. The Balaban J connectivity index is 1.80. The fraction of sp³-hybridized carbons (Fsp3) is 0.188. The van der Waals surface area contributed by atoms with Crippen LogP contribution in [0.1, 0.15) is 11.4 Å². The Kier molecular flexibility index (Phi) is 3.52. The Labute approximate surface area is 122 Å². The lowest BCUT2D eigenvalue weighted by atomic mass is 10.0. The van der Waals surface area contributed by atoms with Crippen molar-refractivity contribution in [2.24, 2.45) is 7.05 Å². The van der Waals surface area contributed by atoms with E-state index in [1.54, 1.807) is 11.0 Å². The quantitative estimate of drug-likeness (QED) is 0.795. The van der Waals surface area contributed by atoms with E-state index in [4.69, 9.17) is 5.26 Å². The molecule has 0 unspecified atom stereocenters. The fourth-order valence-electron chi connectivity index (χ4n) is 2.36. The van der Waals surface area contributed by atoms with Crippen molar-refractivity contribution in [3.63, 3.8) is 0 Å². The van der Waals surface area contributed by atoms with Crippen LogP contribution in [0.15, 0.2) is 42.7 Å². The molecule has 0 atom stereocenters. The lowest BCUT2D eigenvalue weighted by molar-refractivity contribution is 0.742. The summed E-state index contributed by atoms with van der Waals surface area (Å²) in [5.74, 6) is 0.822. The van der Waals surface area contributed by atoms with Gasteiger partial charge in [-0.05, 0) is 12.1 Å². The zero-order chi connectivity index (χ0) is 14.7. The molecule has 1 aromatic heterocycles. The van der Waals surface area contributed by atoms with Crippen LogP contribution in [-0.2, 0) is 13.5 Å². The van der Waals surface area contributed by atoms with Crippen LogP contribution in [0.5, 0.6) is 0 Å². The third-order valence-corrected chi connectivity index (χ3v) is 3.36. The van der Waals surface area contributed by atoms with E-state index in [0.717, 1.165) is 35.2 Å². The Bertz CT molecular complexity index is 813. The van der Waals surface area contributed by atoms with Crippen molar-refractivity contribution >= 4 is 16.5 Å². The number of benzene rings is 2. The number of nitriles is 1. The second kappa shape index (κ2) is 5.63. The van der Waals surface area contributed by atoms with Crippen molar-refractivity contribution in [2.45, 2.75) is 6.42 Å². The number of rotatable bonds is 4. The minimum absolute atomic E-state index is 0.697. The molecule has 3 rings (SSSR count). The summed E-state index contributed by atoms with van der Waals surface area (Å²) in [7, 11) is 1.86. The van der Waals surface area contributed by atoms with Gasteiger partial charge in [-0.15, -0.1) is 0 Å². The van der Waals surface area contributed by atoms with Gasteiger partial charge in [0.25, 0.3) is 0 Å². The molecule has 0 saturated carbocycles. The topological polar surface area (TPSA) is 66.5 Å². The number of anilines is 1. The van der Waals surface area contributed by atoms with E-state index >= 15 is 0 Å². The maximum atomic E-state index is 9.16. The first-order chi connectivity index (χ1) is 10.3. The largest absolute Gasteiger partial charge is 0.384 e.